The molecule has 1 aliphatic heterocycles. The Morgan fingerprint density at radius 1 is 1.11 bits per heavy atom. The number of thiophene rings is 1. The molecule has 36 heavy (non-hydrogen) atoms. The molecule has 2 aromatic heterocycles. The summed E-state index contributed by atoms with van der Waals surface area (Å²) in [4.78, 5) is 21.8. The van der Waals surface area contributed by atoms with E-state index in [0.717, 1.165) is 27.7 Å². The minimum Gasteiger partial charge on any atom is -0.396 e. The van der Waals surface area contributed by atoms with Gasteiger partial charge in [0.2, 0.25) is 0 Å². The first kappa shape index (κ1) is 24.2. The van der Waals surface area contributed by atoms with Gasteiger partial charge < -0.3 is 14.8 Å². The van der Waals surface area contributed by atoms with Crippen LogP contribution in [0.5, 0.6) is 5.75 Å². The number of carbonyl (C=O) groups is 1. The molecule has 3 heterocycles. The predicted octanol–water partition coefficient (Wildman–Crippen LogP) is 6.06. The van der Waals surface area contributed by atoms with E-state index in [1.807, 2.05) is 54.9 Å². The first-order valence-electron chi connectivity index (χ1n) is 11.1. The van der Waals surface area contributed by atoms with Gasteiger partial charge in [-0.15, -0.1) is 11.3 Å². The van der Waals surface area contributed by atoms with Gasteiger partial charge in [0, 0.05) is 35.1 Å². The summed E-state index contributed by atoms with van der Waals surface area (Å²) in [5.74, 6) is 1.03. The van der Waals surface area contributed by atoms with Crippen molar-refractivity contribution < 1.29 is 13.2 Å². The van der Waals surface area contributed by atoms with Crippen LogP contribution in [-0.4, -0.2) is 26.0 Å². The summed E-state index contributed by atoms with van der Waals surface area (Å²) in [7, 11) is 0. The van der Waals surface area contributed by atoms with Gasteiger partial charge in [0.15, 0.2) is 5.17 Å². The lowest BCUT2D eigenvalue weighted by atomic mass is 10.1. The van der Waals surface area contributed by atoms with Crippen molar-refractivity contribution in [3.8, 4) is 5.75 Å². The SMILES string of the molecule is Cc1ccc(NC(=O)c2ccc(OS(=O)c3cccs3)cc2)cc1NC1=NC(c2cccnc2)CS1. The van der Waals surface area contributed by atoms with Gasteiger partial charge in [0.1, 0.15) is 9.96 Å². The van der Waals surface area contributed by atoms with E-state index >= 15 is 0 Å². The lowest BCUT2D eigenvalue weighted by Gasteiger charge is -2.12. The van der Waals surface area contributed by atoms with Crippen LogP contribution in [0.4, 0.5) is 11.4 Å². The Morgan fingerprint density at radius 2 is 1.97 bits per heavy atom. The number of aromatic nitrogens is 1. The van der Waals surface area contributed by atoms with Gasteiger partial charge >= 0.3 is 0 Å². The van der Waals surface area contributed by atoms with Gasteiger partial charge in [0.25, 0.3) is 17.0 Å². The molecule has 2 aromatic carbocycles. The van der Waals surface area contributed by atoms with Gasteiger partial charge in [-0.3, -0.25) is 14.8 Å². The molecule has 2 atom stereocenters. The Kier molecular flexibility index (Phi) is 7.45. The molecule has 2 unspecified atom stereocenters. The quantitative estimate of drug-likeness (QED) is 0.299. The van der Waals surface area contributed by atoms with Gasteiger partial charge in [-0.1, -0.05) is 30.0 Å². The molecule has 1 amide bonds. The topological polar surface area (TPSA) is 92.7 Å². The van der Waals surface area contributed by atoms with E-state index in [1.54, 1.807) is 48.3 Å². The Labute approximate surface area is 219 Å². The third-order valence-corrected chi connectivity index (χ3v) is 8.54. The zero-order valence-corrected chi connectivity index (χ0v) is 21.7. The van der Waals surface area contributed by atoms with Crippen molar-refractivity contribution in [1.29, 1.82) is 0 Å². The number of amidine groups is 1. The summed E-state index contributed by atoms with van der Waals surface area (Å²) < 4.78 is 18.3. The lowest BCUT2D eigenvalue weighted by molar-refractivity contribution is 0.102. The van der Waals surface area contributed by atoms with Crippen LogP contribution in [0.15, 0.2) is 93.7 Å². The predicted molar refractivity (Wildman–Crippen MR) is 147 cm³/mol. The average molecular weight is 535 g/mol. The minimum atomic E-state index is -1.58. The van der Waals surface area contributed by atoms with E-state index in [2.05, 4.69) is 15.6 Å². The summed E-state index contributed by atoms with van der Waals surface area (Å²) >= 11 is 1.45. The molecule has 182 valence electrons. The first-order chi connectivity index (χ1) is 17.5. The molecule has 5 rings (SSSR count). The van der Waals surface area contributed by atoms with Crippen LogP contribution in [0.1, 0.15) is 27.5 Å². The number of amides is 1. The van der Waals surface area contributed by atoms with Gasteiger partial charge in [-0.2, -0.15) is 0 Å². The maximum absolute atomic E-state index is 12.8. The number of hydrogen-bond acceptors (Lipinski definition) is 8. The number of pyridine rings is 1. The number of thioether (sulfide) groups is 1. The van der Waals surface area contributed by atoms with Crippen LogP contribution in [0.2, 0.25) is 0 Å². The van der Waals surface area contributed by atoms with Crippen LogP contribution < -0.4 is 14.8 Å². The van der Waals surface area contributed by atoms with E-state index < -0.39 is 11.1 Å². The van der Waals surface area contributed by atoms with Crippen molar-refractivity contribution in [1.82, 2.24) is 4.98 Å². The maximum atomic E-state index is 12.8. The molecular weight excluding hydrogens is 513 g/mol. The maximum Gasteiger partial charge on any atom is 0.255 e. The van der Waals surface area contributed by atoms with Gasteiger partial charge in [-0.05, 0) is 72.0 Å². The zero-order chi connectivity index (χ0) is 24.9. The second-order valence-electron chi connectivity index (χ2n) is 7.93. The fraction of sp³-hybridized carbons (Fsp3) is 0.115. The molecule has 7 nitrogen and oxygen atoms in total. The van der Waals surface area contributed by atoms with Crippen molar-refractivity contribution in [3.63, 3.8) is 0 Å². The fourth-order valence-corrected chi connectivity index (χ4v) is 6.04. The van der Waals surface area contributed by atoms with Crippen LogP contribution in [0, 0.1) is 6.92 Å². The normalized spacial score (nSPS) is 15.7. The van der Waals surface area contributed by atoms with Crippen LogP contribution in [0.3, 0.4) is 0 Å². The molecule has 0 bridgehead atoms. The summed E-state index contributed by atoms with van der Waals surface area (Å²) in [6, 6.07) is 19.9. The third-order valence-electron chi connectivity index (χ3n) is 5.40. The largest absolute Gasteiger partial charge is 0.396 e. The number of aryl methyl sites for hydroxylation is 1. The number of nitrogens with zero attached hydrogens (tertiary/aromatic N) is 2. The average Bonchev–Trinajstić information content (AvgIpc) is 3.60. The molecule has 4 aromatic rings. The second-order valence-corrected chi connectivity index (χ2v) is 11.2. The summed E-state index contributed by atoms with van der Waals surface area (Å²) in [5, 5.41) is 9.01. The number of hydrogen-bond donors (Lipinski definition) is 2. The minimum absolute atomic E-state index is 0.0732. The number of carbonyl (C=O) groups excluding carboxylic acids is 1. The highest BCUT2D eigenvalue weighted by Gasteiger charge is 2.21. The summed E-state index contributed by atoms with van der Waals surface area (Å²) in [6.45, 7) is 2.01. The number of benzene rings is 2. The van der Waals surface area contributed by atoms with E-state index in [1.165, 1.54) is 11.3 Å². The van der Waals surface area contributed by atoms with Crippen molar-refractivity contribution >= 4 is 56.6 Å². The standard InChI is InChI=1S/C26H22N4O3S3/c1-17-6-9-20(14-22(17)29-26-30-23(16-35-26)19-4-2-12-27-15-19)28-25(31)18-7-10-21(11-8-18)33-36(32)24-5-3-13-34-24/h2-15,23H,16H2,1H3,(H,28,31)(H,29,30). The van der Waals surface area contributed by atoms with Crippen molar-refractivity contribution in [2.75, 3.05) is 16.4 Å². The lowest BCUT2D eigenvalue weighted by Crippen LogP contribution is -2.13. The zero-order valence-electron chi connectivity index (χ0n) is 19.2. The van der Waals surface area contributed by atoms with Crippen molar-refractivity contribution in [2.24, 2.45) is 4.99 Å². The molecule has 0 saturated carbocycles. The second kappa shape index (κ2) is 11.1. The molecule has 1 aliphatic rings. The smallest absolute Gasteiger partial charge is 0.255 e. The molecule has 0 saturated heterocycles. The molecule has 0 aliphatic carbocycles. The molecular formula is C26H22N4O3S3. The number of rotatable bonds is 7. The van der Waals surface area contributed by atoms with Crippen molar-refractivity contribution in [3.05, 3.63) is 101 Å². The van der Waals surface area contributed by atoms with Crippen LogP contribution in [-0.2, 0) is 11.1 Å². The first-order valence-corrected chi connectivity index (χ1v) is 14.0. The number of aliphatic imine (C=N–C) groups is 1. The van der Waals surface area contributed by atoms with E-state index in [0.29, 0.717) is 21.2 Å². The number of anilines is 2. The van der Waals surface area contributed by atoms with Crippen molar-refractivity contribution in [2.45, 2.75) is 17.2 Å². The Balaban J connectivity index is 1.22. The molecule has 2 N–H and O–H groups in total. The van der Waals surface area contributed by atoms with E-state index in [9.17, 15) is 9.00 Å². The van der Waals surface area contributed by atoms with Gasteiger partial charge in [-0.25, -0.2) is 4.21 Å². The molecule has 10 heteroatoms. The molecule has 0 fully saturated rings. The Bertz CT molecular complexity index is 1410. The number of nitrogens with one attached hydrogen (secondary N) is 2. The Morgan fingerprint density at radius 3 is 2.72 bits per heavy atom. The highest BCUT2D eigenvalue weighted by atomic mass is 32.2. The van der Waals surface area contributed by atoms with E-state index in [4.69, 9.17) is 9.18 Å². The monoisotopic (exact) mass is 534 g/mol. The van der Waals surface area contributed by atoms with Crippen LogP contribution in [0.25, 0.3) is 0 Å². The van der Waals surface area contributed by atoms with Crippen LogP contribution >= 0.6 is 23.1 Å². The highest BCUT2D eigenvalue weighted by Crippen LogP contribution is 2.31. The van der Waals surface area contributed by atoms with Gasteiger partial charge in [0.05, 0.1) is 6.04 Å². The third kappa shape index (κ3) is 5.84. The molecule has 0 spiro atoms. The fourth-order valence-electron chi connectivity index (χ4n) is 3.49. The molecule has 0 radical (unpaired) electrons. The highest BCUT2D eigenvalue weighted by molar-refractivity contribution is 8.14. The van der Waals surface area contributed by atoms with E-state index in [-0.39, 0.29) is 11.9 Å². The summed E-state index contributed by atoms with van der Waals surface area (Å²) in [6.07, 6.45) is 3.61. The summed E-state index contributed by atoms with van der Waals surface area (Å²) in [5.41, 5.74) is 4.15. The Hall–Kier alpha value is -3.47.